The average molecular weight is 511 g/mol. The number of nitrogens with two attached hydrogens (primary N) is 2. The average Bonchev–Trinajstić information content (AvgIpc) is 2.79. The molecule has 0 aliphatic carbocycles. The highest BCUT2D eigenvalue weighted by molar-refractivity contribution is 6.32. The Bertz CT molecular complexity index is 1450. The smallest absolute Gasteiger partial charge is 0.414 e. The number of benzene rings is 3. The van der Waals surface area contributed by atoms with Crippen LogP contribution in [-0.4, -0.2) is 23.3 Å². The fraction of sp³-hybridized carbons (Fsp3) is 0.185. The third-order valence-corrected chi connectivity index (χ3v) is 5.33. The van der Waals surface area contributed by atoms with E-state index in [-0.39, 0.29) is 11.1 Å². The quantitative estimate of drug-likeness (QED) is 0.321. The summed E-state index contributed by atoms with van der Waals surface area (Å²) in [5.41, 5.74) is 11.6. The molecule has 0 saturated heterocycles. The van der Waals surface area contributed by atoms with Gasteiger partial charge in [-0.25, -0.2) is 9.18 Å². The van der Waals surface area contributed by atoms with E-state index in [0.717, 1.165) is 16.7 Å². The van der Waals surface area contributed by atoms with Gasteiger partial charge in [0.15, 0.2) is 0 Å². The number of para-hydroxylation sites is 1. The number of ether oxygens (including phenoxy) is 1. The largest absolute Gasteiger partial charge is 0.443 e. The Hall–Kier alpha value is -4.04. The number of nitrogen functional groups attached to an aromatic ring is 2. The van der Waals surface area contributed by atoms with Crippen molar-refractivity contribution in [2.75, 3.05) is 23.4 Å². The summed E-state index contributed by atoms with van der Waals surface area (Å²) >= 11 is 6.20. The molecule has 4 rings (SSSR count). The molecule has 0 atom stereocenters. The number of rotatable bonds is 2. The summed E-state index contributed by atoms with van der Waals surface area (Å²) in [5, 5.41) is 0.928. The number of halogens is 2. The van der Waals surface area contributed by atoms with Crippen molar-refractivity contribution in [2.45, 2.75) is 26.4 Å². The van der Waals surface area contributed by atoms with Gasteiger partial charge in [-0.2, -0.15) is 0 Å². The van der Waals surface area contributed by atoms with Gasteiger partial charge in [-0.1, -0.05) is 29.8 Å². The van der Waals surface area contributed by atoms with Gasteiger partial charge in [0.25, 0.3) is 5.56 Å². The van der Waals surface area contributed by atoms with Gasteiger partial charge in [-0.05, 0) is 74.7 Å². The van der Waals surface area contributed by atoms with Crippen LogP contribution < -0.4 is 21.9 Å². The van der Waals surface area contributed by atoms with E-state index in [1.54, 1.807) is 39.0 Å². The summed E-state index contributed by atoms with van der Waals surface area (Å²) in [5.74, 6) is -0.718. The number of pyridine rings is 1. The van der Waals surface area contributed by atoms with E-state index in [2.05, 4.69) is 0 Å². The summed E-state index contributed by atoms with van der Waals surface area (Å²) in [7, 11) is 1.41. The molecule has 4 N–H and O–H groups in total. The maximum absolute atomic E-state index is 14.8. The first-order valence-electron chi connectivity index (χ1n) is 11.0. The molecule has 1 heterocycles. The van der Waals surface area contributed by atoms with Crippen LogP contribution >= 0.6 is 11.6 Å². The molecular weight excluding hydrogens is 483 g/mol. The van der Waals surface area contributed by atoms with Crippen molar-refractivity contribution in [3.63, 3.8) is 0 Å². The number of nitrogens with zero attached hydrogens (tertiary/aromatic N) is 2. The predicted molar refractivity (Wildman–Crippen MR) is 144 cm³/mol. The molecule has 7 nitrogen and oxygen atoms in total. The van der Waals surface area contributed by atoms with Crippen molar-refractivity contribution in [1.29, 1.82) is 0 Å². The number of fused-ring (bicyclic) bond motifs is 1. The number of carbonyl (C=O) groups is 1. The van der Waals surface area contributed by atoms with Crippen LogP contribution in [0.4, 0.5) is 26.2 Å². The molecule has 0 radical (unpaired) electrons. The lowest BCUT2D eigenvalue weighted by atomic mass is 10.1. The Labute approximate surface area is 213 Å². The van der Waals surface area contributed by atoms with E-state index in [4.69, 9.17) is 27.8 Å². The summed E-state index contributed by atoms with van der Waals surface area (Å²) in [6.07, 6.45) is 0.842. The van der Waals surface area contributed by atoms with Crippen LogP contribution in [0.3, 0.4) is 0 Å². The minimum Gasteiger partial charge on any atom is -0.443 e. The van der Waals surface area contributed by atoms with Gasteiger partial charge >= 0.3 is 6.09 Å². The second kappa shape index (κ2) is 10.7. The van der Waals surface area contributed by atoms with Crippen LogP contribution in [0, 0.1) is 5.82 Å². The molecule has 4 aromatic rings. The Kier molecular flexibility index (Phi) is 7.90. The van der Waals surface area contributed by atoms with Crippen LogP contribution in [0.2, 0.25) is 5.02 Å². The van der Waals surface area contributed by atoms with Gasteiger partial charge < -0.3 is 16.2 Å². The molecule has 36 heavy (non-hydrogen) atoms. The summed E-state index contributed by atoms with van der Waals surface area (Å²) < 4.78 is 21.4. The van der Waals surface area contributed by atoms with Crippen molar-refractivity contribution in [2.24, 2.45) is 0 Å². The van der Waals surface area contributed by atoms with Gasteiger partial charge in [-0.15, -0.1) is 0 Å². The second-order valence-electron chi connectivity index (χ2n) is 9.04. The zero-order chi connectivity index (χ0) is 26.6. The molecule has 3 aromatic carbocycles. The minimum atomic E-state index is -0.718. The SMILES string of the molecule is CN(C(=O)OC(C)(C)C)c1cc2ccn(-c3ccc(N)cc3Cl)c(=O)c2cc1F.Nc1ccccc1. The van der Waals surface area contributed by atoms with Crippen LogP contribution in [0.5, 0.6) is 0 Å². The summed E-state index contributed by atoms with van der Waals surface area (Å²) in [6, 6.07) is 18.5. The maximum atomic E-state index is 14.8. The molecule has 0 bridgehead atoms. The lowest BCUT2D eigenvalue weighted by Gasteiger charge is -2.25. The Morgan fingerprint density at radius 3 is 2.22 bits per heavy atom. The number of hydrogen-bond donors (Lipinski definition) is 2. The van der Waals surface area contributed by atoms with E-state index >= 15 is 0 Å². The molecule has 1 aromatic heterocycles. The standard InChI is InChI=1S/C21H21ClFN3O3.C6H7N/c1-21(2,3)29-20(28)25(4)18-9-12-7-8-26(19(27)14(12)11-16(18)23)17-6-5-13(24)10-15(17)22;7-6-4-2-1-3-5-6/h5-11H,24H2,1-4H3;1-5H,7H2. The zero-order valence-corrected chi connectivity index (χ0v) is 21.2. The molecule has 0 fully saturated rings. The number of aromatic nitrogens is 1. The maximum Gasteiger partial charge on any atom is 0.414 e. The molecule has 9 heteroatoms. The molecule has 0 saturated carbocycles. The lowest BCUT2D eigenvalue weighted by molar-refractivity contribution is 0.0588. The Morgan fingerprint density at radius 2 is 1.67 bits per heavy atom. The van der Waals surface area contributed by atoms with E-state index in [1.165, 1.54) is 29.9 Å². The summed E-state index contributed by atoms with van der Waals surface area (Å²) in [6.45, 7) is 5.17. The first kappa shape index (κ1) is 26.6. The number of amides is 1. The van der Waals surface area contributed by atoms with E-state index in [9.17, 15) is 14.0 Å². The van der Waals surface area contributed by atoms with Crippen molar-refractivity contribution in [3.05, 3.63) is 94.1 Å². The van der Waals surface area contributed by atoms with Gasteiger partial charge in [0.2, 0.25) is 0 Å². The zero-order valence-electron chi connectivity index (χ0n) is 20.5. The molecule has 188 valence electrons. The normalized spacial score (nSPS) is 10.9. The molecule has 0 aliphatic heterocycles. The van der Waals surface area contributed by atoms with Crippen LogP contribution in [0.25, 0.3) is 16.5 Å². The number of hydrogen-bond acceptors (Lipinski definition) is 5. The van der Waals surface area contributed by atoms with Gasteiger partial charge in [0.05, 0.1) is 21.8 Å². The third kappa shape index (κ3) is 6.34. The number of carbonyl (C=O) groups excluding carboxylic acids is 1. The van der Waals surface area contributed by atoms with Crippen molar-refractivity contribution in [3.8, 4) is 5.69 Å². The molecule has 0 aliphatic rings. The fourth-order valence-corrected chi connectivity index (χ4v) is 3.58. The first-order chi connectivity index (χ1) is 16.9. The van der Waals surface area contributed by atoms with Crippen molar-refractivity contribution in [1.82, 2.24) is 4.57 Å². The van der Waals surface area contributed by atoms with Crippen molar-refractivity contribution >= 4 is 45.5 Å². The van der Waals surface area contributed by atoms with E-state index in [0.29, 0.717) is 21.8 Å². The highest BCUT2D eigenvalue weighted by atomic mass is 35.5. The van der Waals surface area contributed by atoms with Gasteiger partial charge in [0, 0.05) is 24.6 Å². The lowest BCUT2D eigenvalue weighted by Crippen LogP contribution is -2.34. The highest BCUT2D eigenvalue weighted by Gasteiger charge is 2.23. The summed E-state index contributed by atoms with van der Waals surface area (Å²) in [4.78, 5) is 26.3. The Balaban J connectivity index is 0.000000444. The van der Waals surface area contributed by atoms with Gasteiger partial charge in [0.1, 0.15) is 11.4 Å². The van der Waals surface area contributed by atoms with Crippen LogP contribution in [0.15, 0.2) is 77.7 Å². The van der Waals surface area contributed by atoms with E-state index in [1.807, 2.05) is 30.3 Å². The minimum absolute atomic E-state index is 0.00872. The fourth-order valence-electron chi connectivity index (χ4n) is 3.30. The monoisotopic (exact) mass is 510 g/mol. The topological polar surface area (TPSA) is 104 Å². The van der Waals surface area contributed by atoms with Crippen molar-refractivity contribution < 1.29 is 13.9 Å². The van der Waals surface area contributed by atoms with Crippen LogP contribution in [0.1, 0.15) is 20.8 Å². The van der Waals surface area contributed by atoms with Gasteiger partial charge in [-0.3, -0.25) is 14.3 Å². The predicted octanol–water partition coefficient (Wildman–Crippen LogP) is 6.01. The van der Waals surface area contributed by atoms with Crippen LogP contribution in [-0.2, 0) is 4.74 Å². The Morgan fingerprint density at radius 1 is 1.00 bits per heavy atom. The van der Waals surface area contributed by atoms with E-state index < -0.39 is 23.1 Å². The highest BCUT2D eigenvalue weighted by Crippen LogP contribution is 2.27. The second-order valence-corrected chi connectivity index (χ2v) is 9.45. The molecular formula is C27H28ClFN4O3. The molecule has 0 unspecified atom stereocenters. The number of anilines is 3. The third-order valence-electron chi connectivity index (χ3n) is 5.03. The molecule has 1 amide bonds. The first-order valence-corrected chi connectivity index (χ1v) is 11.4. The molecule has 0 spiro atoms.